The first-order valence-electron chi connectivity index (χ1n) is 24.2. The maximum absolute atomic E-state index is 14.7. The van der Waals surface area contributed by atoms with Gasteiger partial charge in [0, 0.05) is 0 Å². The van der Waals surface area contributed by atoms with Crippen molar-refractivity contribution in [2.45, 2.75) is 218 Å². The Balaban J connectivity index is 1.01. The molecule has 3 saturated heterocycles. The first-order valence-corrected chi connectivity index (χ1v) is 24.2. The van der Waals surface area contributed by atoms with E-state index in [0.29, 0.717) is 19.3 Å². The summed E-state index contributed by atoms with van der Waals surface area (Å²) in [6.07, 6.45) is -14.8. The minimum atomic E-state index is -1.85. The molecule has 8 rings (SSSR count). The number of aliphatic hydroxyl groups excluding tert-OH is 9. The van der Waals surface area contributed by atoms with Gasteiger partial charge in [0.1, 0.15) is 61.0 Å². The van der Waals surface area contributed by atoms with Crippen LogP contribution in [0.3, 0.4) is 0 Å². The standard InChI is InChI=1S/C48H76O18/c1-21-28(50)30(52)33(55)39(61-21)64-36-32(54)35(57)41(65-37(36)38(58)59)63-27-12-13-45(6)25(44(27,4)5)11-14-47(8)26(45)10-9-22-23-19-43(2,3)15-17-48(23,18-16-46(22,47)7)42(60)66-40-34(56)31(53)29(51)24(20-49)62-40/h9,21,23-37,39-41,49-57H,10-20H2,1-8H3,(H,58,59)/t21-,23+,24-,25+,26-,27+,28+,29-,30+,31-,32-,33+,34-,35-,36+,37+,39+,40+,41+,45+,46-,47-,48+/m1/s1. The van der Waals surface area contributed by atoms with Crippen LogP contribution in [-0.4, -0.2) is 168 Å². The van der Waals surface area contributed by atoms with E-state index in [1.54, 1.807) is 0 Å². The molecule has 0 aromatic carbocycles. The molecule has 0 amide bonds. The fourth-order valence-corrected chi connectivity index (χ4v) is 15.0. The zero-order valence-corrected chi connectivity index (χ0v) is 39.6. The van der Waals surface area contributed by atoms with Crippen molar-refractivity contribution in [2.75, 3.05) is 6.61 Å². The second-order valence-electron chi connectivity index (χ2n) is 23.5. The monoisotopic (exact) mass is 941 g/mol. The first kappa shape index (κ1) is 50.5. The summed E-state index contributed by atoms with van der Waals surface area (Å²) in [5.41, 5.74) is -0.814. The lowest BCUT2D eigenvalue weighted by Crippen LogP contribution is -2.67. The van der Waals surface area contributed by atoms with Gasteiger partial charge in [-0.25, -0.2) is 4.79 Å². The number of aliphatic hydroxyl groups is 9. The van der Waals surface area contributed by atoms with Gasteiger partial charge in [-0.05, 0) is 116 Å². The van der Waals surface area contributed by atoms with Crippen LogP contribution in [0.1, 0.15) is 120 Å². The molecule has 10 N–H and O–H groups in total. The van der Waals surface area contributed by atoms with Crippen LogP contribution in [0.25, 0.3) is 0 Å². The number of ether oxygens (including phenoxy) is 6. The largest absolute Gasteiger partial charge is 0.479 e. The van der Waals surface area contributed by atoms with Gasteiger partial charge < -0.3 is 79.5 Å². The number of carbonyl (C=O) groups is 2. The van der Waals surface area contributed by atoms with Crippen molar-refractivity contribution in [1.82, 2.24) is 0 Å². The highest BCUT2D eigenvalue weighted by Crippen LogP contribution is 2.76. The van der Waals surface area contributed by atoms with E-state index < -0.39 is 128 Å². The second kappa shape index (κ2) is 17.5. The van der Waals surface area contributed by atoms with Crippen LogP contribution in [0.5, 0.6) is 0 Å². The molecule has 3 aliphatic heterocycles. The summed E-state index contributed by atoms with van der Waals surface area (Å²) in [7, 11) is 0. The lowest BCUT2D eigenvalue weighted by atomic mass is 9.33. The lowest BCUT2D eigenvalue weighted by Gasteiger charge is -2.71. The van der Waals surface area contributed by atoms with E-state index in [4.69, 9.17) is 28.4 Å². The Hall–Kier alpha value is -1.88. The van der Waals surface area contributed by atoms with E-state index >= 15 is 0 Å². The van der Waals surface area contributed by atoms with Crippen LogP contribution in [0.4, 0.5) is 0 Å². The van der Waals surface area contributed by atoms with Crippen LogP contribution in [0, 0.1) is 50.2 Å². The zero-order chi connectivity index (χ0) is 48.4. The number of hydrogen-bond acceptors (Lipinski definition) is 17. The van der Waals surface area contributed by atoms with Gasteiger partial charge in [-0.1, -0.05) is 60.1 Å². The maximum Gasteiger partial charge on any atom is 0.335 e. The molecular formula is C48H76O18. The van der Waals surface area contributed by atoms with Gasteiger partial charge in [0.25, 0.3) is 0 Å². The van der Waals surface area contributed by atoms with Crippen molar-refractivity contribution in [2.24, 2.45) is 50.2 Å². The molecule has 376 valence electrons. The number of carbonyl (C=O) groups excluding carboxylic acids is 1. The number of allylic oxidation sites excluding steroid dienone is 2. The molecule has 0 spiro atoms. The summed E-state index contributed by atoms with van der Waals surface area (Å²) >= 11 is 0. The topological polar surface area (TPSA) is 292 Å². The Kier molecular flexibility index (Phi) is 13.4. The van der Waals surface area contributed by atoms with E-state index in [2.05, 4.69) is 54.5 Å². The molecule has 0 aromatic rings. The summed E-state index contributed by atoms with van der Waals surface area (Å²) in [4.78, 5) is 27.2. The third-order valence-corrected chi connectivity index (χ3v) is 19.2. The molecule has 3 heterocycles. The number of fused-ring (bicyclic) bond motifs is 7. The lowest BCUT2D eigenvalue weighted by molar-refractivity contribution is -0.361. The van der Waals surface area contributed by atoms with Crippen molar-refractivity contribution >= 4 is 11.9 Å². The zero-order valence-electron chi connectivity index (χ0n) is 39.6. The molecule has 8 aliphatic rings. The van der Waals surface area contributed by atoms with E-state index in [9.17, 15) is 60.7 Å². The van der Waals surface area contributed by atoms with E-state index in [-0.39, 0.29) is 39.4 Å². The van der Waals surface area contributed by atoms with Crippen molar-refractivity contribution in [1.29, 1.82) is 0 Å². The van der Waals surface area contributed by atoms with Crippen molar-refractivity contribution in [3.63, 3.8) is 0 Å². The van der Waals surface area contributed by atoms with Crippen molar-refractivity contribution in [3.05, 3.63) is 11.6 Å². The molecule has 0 bridgehead atoms. The van der Waals surface area contributed by atoms with Crippen molar-refractivity contribution in [3.8, 4) is 0 Å². The van der Waals surface area contributed by atoms with Gasteiger partial charge in [-0.15, -0.1) is 0 Å². The number of rotatable bonds is 8. The quantitative estimate of drug-likeness (QED) is 0.0931. The number of carboxylic acids is 1. The van der Waals surface area contributed by atoms with Gasteiger partial charge in [-0.3, -0.25) is 4.79 Å². The van der Waals surface area contributed by atoms with Crippen molar-refractivity contribution < 1.29 is 89.1 Å². The highest BCUT2D eigenvalue weighted by atomic mass is 16.7. The van der Waals surface area contributed by atoms with Crippen LogP contribution < -0.4 is 0 Å². The Morgan fingerprint density at radius 3 is 1.97 bits per heavy atom. The van der Waals surface area contributed by atoms with Gasteiger partial charge in [-0.2, -0.15) is 0 Å². The fraction of sp³-hybridized carbons (Fsp3) is 0.917. The average molecular weight is 941 g/mol. The Morgan fingerprint density at radius 1 is 0.682 bits per heavy atom. The summed E-state index contributed by atoms with van der Waals surface area (Å²) < 4.78 is 35.2. The highest BCUT2D eigenvalue weighted by Gasteiger charge is 2.70. The molecule has 18 heteroatoms. The molecule has 66 heavy (non-hydrogen) atoms. The fourth-order valence-electron chi connectivity index (χ4n) is 15.0. The minimum absolute atomic E-state index is 0.0659. The summed E-state index contributed by atoms with van der Waals surface area (Å²) in [5, 5.41) is 105. The summed E-state index contributed by atoms with van der Waals surface area (Å²) in [6, 6.07) is 0. The normalized spacial score (nSPS) is 53.2. The minimum Gasteiger partial charge on any atom is -0.479 e. The Morgan fingerprint density at radius 2 is 1.30 bits per heavy atom. The summed E-state index contributed by atoms with van der Waals surface area (Å²) in [6.45, 7) is 16.7. The maximum atomic E-state index is 14.7. The molecule has 18 nitrogen and oxygen atoms in total. The SMILES string of the molecule is C[C@H]1O[C@@H](O[C@H]2[C@H](O)[C@@H](O)[C@@H](O[C@H]3CC[C@]4(C)[C@H]5CC=C6[C@@H]7CC(C)(C)CC[C@]7(C(=O)O[C@@H]7O[C@H](CO)[C@@H](O)[C@@H](O)[C@H]7O)CC[C@@]6(C)[C@]5(C)CC[C@H]4C3(C)C)O[C@@H]2C(=O)O)[C@@H](O)[C@@H](O)[C@H]1O. The van der Waals surface area contributed by atoms with Crippen LogP contribution in [0.15, 0.2) is 11.6 Å². The Labute approximate surface area is 386 Å². The van der Waals surface area contributed by atoms with Crippen LogP contribution in [-0.2, 0) is 38.0 Å². The van der Waals surface area contributed by atoms with Gasteiger partial charge in [0.15, 0.2) is 18.7 Å². The molecule has 5 aliphatic carbocycles. The molecule has 0 radical (unpaired) electrons. The van der Waals surface area contributed by atoms with Gasteiger partial charge in [0.05, 0.1) is 24.2 Å². The van der Waals surface area contributed by atoms with Crippen LogP contribution >= 0.6 is 0 Å². The first-order chi connectivity index (χ1) is 30.7. The molecule has 23 atom stereocenters. The van der Waals surface area contributed by atoms with E-state index in [1.165, 1.54) is 12.5 Å². The molecule has 7 fully saturated rings. The smallest absolute Gasteiger partial charge is 0.335 e. The predicted molar refractivity (Wildman–Crippen MR) is 229 cm³/mol. The highest BCUT2D eigenvalue weighted by molar-refractivity contribution is 5.79. The van der Waals surface area contributed by atoms with Gasteiger partial charge in [0.2, 0.25) is 6.29 Å². The number of hydrogen-bond donors (Lipinski definition) is 10. The average Bonchev–Trinajstić information content (AvgIpc) is 3.25. The third kappa shape index (κ3) is 7.74. The van der Waals surface area contributed by atoms with Gasteiger partial charge >= 0.3 is 11.9 Å². The number of carboxylic acid groups (broad SMARTS) is 1. The number of esters is 1. The summed E-state index contributed by atoms with van der Waals surface area (Å²) in [5.74, 6) is -1.78. The molecular weight excluding hydrogens is 865 g/mol. The predicted octanol–water partition coefficient (Wildman–Crippen LogP) is 1.26. The van der Waals surface area contributed by atoms with E-state index in [0.717, 1.165) is 44.9 Å². The molecule has 4 saturated carbocycles. The second-order valence-corrected chi connectivity index (χ2v) is 23.5. The molecule has 0 unspecified atom stereocenters. The third-order valence-electron chi connectivity index (χ3n) is 19.2. The van der Waals surface area contributed by atoms with Crippen LogP contribution in [0.2, 0.25) is 0 Å². The molecule has 0 aromatic heterocycles. The Bertz CT molecular complexity index is 1860. The van der Waals surface area contributed by atoms with E-state index in [1.807, 2.05) is 0 Å². The number of aliphatic carboxylic acids is 1.